The Labute approximate surface area is 119 Å². The second-order valence-corrected chi connectivity index (χ2v) is 6.23. The lowest BCUT2D eigenvalue weighted by Gasteiger charge is -2.40. The van der Waals surface area contributed by atoms with Gasteiger partial charge in [0.2, 0.25) is 0 Å². The van der Waals surface area contributed by atoms with Crippen LogP contribution >= 0.6 is 0 Å². The van der Waals surface area contributed by atoms with E-state index < -0.39 is 0 Å². The predicted molar refractivity (Wildman–Crippen MR) is 80.9 cm³/mol. The molecule has 0 aliphatic heterocycles. The number of hydrogen-bond acceptors (Lipinski definition) is 3. The summed E-state index contributed by atoms with van der Waals surface area (Å²) in [7, 11) is 4.25. The van der Waals surface area contributed by atoms with Crippen LogP contribution in [0.3, 0.4) is 0 Å². The van der Waals surface area contributed by atoms with Crippen LogP contribution in [-0.2, 0) is 0 Å². The molecule has 1 aliphatic carbocycles. The van der Waals surface area contributed by atoms with Crippen LogP contribution in [0.1, 0.15) is 46.0 Å². The Balaban J connectivity index is 2.68. The Morgan fingerprint density at radius 1 is 1.11 bits per heavy atom. The molecule has 0 saturated heterocycles. The van der Waals surface area contributed by atoms with E-state index in [1.165, 1.54) is 25.7 Å². The second kappa shape index (κ2) is 8.55. The summed E-state index contributed by atoms with van der Waals surface area (Å²) in [6.07, 6.45) is 6.02. The molecule has 3 unspecified atom stereocenters. The Bertz CT molecular complexity index is 282. The molecular weight excluding hydrogens is 234 g/mol. The van der Waals surface area contributed by atoms with E-state index in [0.29, 0.717) is 6.04 Å². The van der Waals surface area contributed by atoms with E-state index in [-0.39, 0.29) is 5.92 Å². The maximum Gasteiger partial charge on any atom is 0.0672 e. The van der Waals surface area contributed by atoms with E-state index in [1.54, 1.807) is 0 Å². The summed E-state index contributed by atoms with van der Waals surface area (Å²) in [6.45, 7) is 7.85. The van der Waals surface area contributed by atoms with Gasteiger partial charge in [0, 0.05) is 19.1 Å². The van der Waals surface area contributed by atoms with Gasteiger partial charge in [-0.25, -0.2) is 0 Å². The van der Waals surface area contributed by atoms with Crippen molar-refractivity contribution in [3.05, 3.63) is 0 Å². The van der Waals surface area contributed by atoms with Gasteiger partial charge in [-0.1, -0.05) is 20.3 Å². The summed E-state index contributed by atoms with van der Waals surface area (Å²) >= 11 is 0. The number of likely N-dealkylation sites (N-methyl/N-ethyl adjacent to an activating group) is 1. The van der Waals surface area contributed by atoms with Crippen LogP contribution in [0.2, 0.25) is 0 Å². The molecule has 19 heavy (non-hydrogen) atoms. The van der Waals surface area contributed by atoms with Gasteiger partial charge >= 0.3 is 0 Å². The molecule has 0 spiro atoms. The van der Waals surface area contributed by atoms with Crippen LogP contribution < -0.4 is 0 Å². The fourth-order valence-electron chi connectivity index (χ4n) is 3.22. The van der Waals surface area contributed by atoms with Crippen LogP contribution in [0.4, 0.5) is 0 Å². The monoisotopic (exact) mass is 265 g/mol. The highest BCUT2D eigenvalue weighted by Gasteiger charge is 2.33. The van der Waals surface area contributed by atoms with E-state index in [0.717, 1.165) is 32.0 Å². The van der Waals surface area contributed by atoms with E-state index in [1.807, 2.05) is 0 Å². The Morgan fingerprint density at radius 2 is 1.84 bits per heavy atom. The van der Waals surface area contributed by atoms with E-state index in [9.17, 15) is 5.26 Å². The molecule has 1 fully saturated rings. The maximum atomic E-state index is 9.43. The Kier molecular flexibility index (Phi) is 7.41. The largest absolute Gasteiger partial charge is 0.308 e. The van der Waals surface area contributed by atoms with Gasteiger partial charge in [0.05, 0.1) is 12.0 Å². The van der Waals surface area contributed by atoms with Crippen molar-refractivity contribution >= 4 is 0 Å². The first-order valence-corrected chi connectivity index (χ1v) is 7.90. The van der Waals surface area contributed by atoms with E-state index >= 15 is 0 Å². The minimum absolute atomic E-state index is 0.247. The zero-order chi connectivity index (χ0) is 14.3. The third kappa shape index (κ3) is 5.12. The van der Waals surface area contributed by atoms with Gasteiger partial charge in [-0.2, -0.15) is 5.26 Å². The molecule has 1 rings (SSSR count). The molecule has 0 N–H and O–H groups in total. The van der Waals surface area contributed by atoms with Crippen LogP contribution in [0, 0.1) is 23.2 Å². The minimum atomic E-state index is 0.247. The van der Waals surface area contributed by atoms with Crippen molar-refractivity contribution < 1.29 is 0 Å². The third-order valence-corrected chi connectivity index (χ3v) is 4.48. The molecule has 0 aromatic heterocycles. The van der Waals surface area contributed by atoms with Crippen molar-refractivity contribution in [1.29, 1.82) is 5.26 Å². The first kappa shape index (κ1) is 16.5. The van der Waals surface area contributed by atoms with Crippen molar-refractivity contribution in [2.45, 2.75) is 52.0 Å². The van der Waals surface area contributed by atoms with Gasteiger partial charge in [0.25, 0.3) is 0 Å². The summed E-state index contributed by atoms with van der Waals surface area (Å²) in [4.78, 5) is 4.82. The Morgan fingerprint density at radius 3 is 2.37 bits per heavy atom. The van der Waals surface area contributed by atoms with Gasteiger partial charge in [-0.05, 0) is 52.2 Å². The topological polar surface area (TPSA) is 30.3 Å². The average Bonchev–Trinajstić information content (AvgIpc) is 2.42. The fraction of sp³-hybridized carbons (Fsp3) is 0.938. The molecule has 0 radical (unpaired) electrons. The van der Waals surface area contributed by atoms with Crippen molar-refractivity contribution in [2.75, 3.05) is 33.7 Å². The van der Waals surface area contributed by atoms with Crippen molar-refractivity contribution in [3.63, 3.8) is 0 Å². The van der Waals surface area contributed by atoms with E-state index in [4.69, 9.17) is 0 Å². The van der Waals surface area contributed by atoms with Crippen LogP contribution in [0.5, 0.6) is 0 Å². The Hall–Kier alpha value is -0.590. The summed E-state index contributed by atoms with van der Waals surface area (Å²) in [5.74, 6) is 1.07. The molecule has 1 saturated carbocycles. The highest BCUT2D eigenvalue weighted by Crippen LogP contribution is 2.33. The van der Waals surface area contributed by atoms with Crippen LogP contribution in [0.25, 0.3) is 0 Å². The SMILES string of the molecule is CCCN(CCN(C)C)C1CC(CC)CCC1C#N. The standard InChI is InChI=1S/C16H31N3/c1-5-9-19(11-10-18(3)4)16-12-14(6-2)7-8-15(16)13-17/h14-16H,5-12H2,1-4H3. The second-order valence-electron chi connectivity index (χ2n) is 6.23. The molecule has 110 valence electrons. The number of nitriles is 1. The normalized spacial score (nSPS) is 27.7. The molecule has 3 nitrogen and oxygen atoms in total. The lowest BCUT2D eigenvalue weighted by atomic mass is 9.77. The van der Waals surface area contributed by atoms with Gasteiger partial charge in [0.1, 0.15) is 0 Å². The molecule has 3 atom stereocenters. The maximum absolute atomic E-state index is 9.43. The van der Waals surface area contributed by atoms with Gasteiger partial charge < -0.3 is 4.90 Å². The average molecular weight is 265 g/mol. The lowest BCUT2D eigenvalue weighted by molar-refractivity contribution is 0.0926. The van der Waals surface area contributed by atoms with Crippen LogP contribution in [0.15, 0.2) is 0 Å². The van der Waals surface area contributed by atoms with Crippen molar-refractivity contribution in [3.8, 4) is 6.07 Å². The van der Waals surface area contributed by atoms with Crippen LogP contribution in [-0.4, -0.2) is 49.6 Å². The number of nitrogens with zero attached hydrogens (tertiary/aromatic N) is 3. The predicted octanol–water partition coefficient (Wildman–Crippen LogP) is 2.98. The number of hydrogen-bond donors (Lipinski definition) is 0. The highest BCUT2D eigenvalue weighted by atomic mass is 15.2. The third-order valence-electron chi connectivity index (χ3n) is 4.48. The molecule has 0 heterocycles. The first-order valence-electron chi connectivity index (χ1n) is 7.90. The zero-order valence-corrected chi connectivity index (χ0v) is 13.2. The van der Waals surface area contributed by atoms with E-state index in [2.05, 4.69) is 43.8 Å². The highest BCUT2D eigenvalue weighted by molar-refractivity contribution is 4.97. The number of rotatable bonds is 7. The molecule has 0 aromatic rings. The molecular formula is C16H31N3. The molecule has 1 aliphatic rings. The lowest BCUT2D eigenvalue weighted by Crippen LogP contribution is -2.46. The molecule has 0 amide bonds. The summed E-state index contributed by atoms with van der Waals surface area (Å²) in [6, 6.07) is 3.06. The first-order chi connectivity index (χ1) is 9.12. The quantitative estimate of drug-likeness (QED) is 0.709. The molecule has 3 heteroatoms. The zero-order valence-electron chi connectivity index (χ0n) is 13.2. The summed E-state index contributed by atoms with van der Waals surface area (Å²) in [5, 5.41) is 9.43. The van der Waals surface area contributed by atoms with Gasteiger partial charge in [-0.3, -0.25) is 4.90 Å². The summed E-state index contributed by atoms with van der Waals surface area (Å²) < 4.78 is 0. The molecule has 0 aromatic carbocycles. The molecule has 0 bridgehead atoms. The minimum Gasteiger partial charge on any atom is -0.308 e. The fourth-order valence-corrected chi connectivity index (χ4v) is 3.22. The van der Waals surface area contributed by atoms with Crippen molar-refractivity contribution in [1.82, 2.24) is 9.80 Å². The smallest absolute Gasteiger partial charge is 0.0672 e. The van der Waals surface area contributed by atoms with Crippen molar-refractivity contribution in [2.24, 2.45) is 11.8 Å². The summed E-state index contributed by atoms with van der Waals surface area (Å²) in [5.41, 5.74) is 0. The van der Waals surface area contributed by atoms with Gasteiger partial charge in [-0.15, -0.1) is 0 Å². The van der Waals surface area contributed by atoms with Gasteiger partial charge in [0.15, 0.2) is 0 Å².